The average Bonchev–Trinajstić information content (AvgIpc) is 3.04. The van der Waals surface area contributed by atoms with E-state index in [1.165, 1.54) is 23.4 Å². The molecule has 3 rings (SSSR count). The second kappa shape index (κ2) is 10.3. The van der Waals surface area contributed by atoms with E-state index in [1.54, 1.807) is 6.92 Å². The molecule has 2 aromatic heterocycles. The summed E-state index contributed by atoms with van der Waals surface area (Å²) in [5.74, 6) is 0.234. The van der Waals surface area contributed by atoms with Crippen LogP contribution in [0.25, 0.3) is 11.2 Å². The van der Waals surface area contributed by atoms with Crippen molar-refractivity contribution in [1.29, 1.82) is 0 Å². The molecule has 0 atom stereocenters. The van der Waals surface area contributed by atoms with E-state index in [2.05, 4.69) is 9.97 Å². The molecule has 0 spiro atoms. The Hall–Kier alpha value is -3.34. The second-order valence-corrected chi connectivity index (χ2v) is 8.11. The summed E-state index contributed by atoms with van der Waals surface area (Å²) < 4.78 is 7.22. The maximum atomic E-state index is 13.4. The number of imidazole rings is 1. The number of nitrogens with zero attached hydrogens (tertiary/aromatic N) is 5. The number of nitrogens with two attached hydrogens (primary N) is 1. The number of rotatable bonds is 8. The van der Waals surface area contributed by atoms with Crippen LogP contribution in [0.15, 0.2) is 40.3 Å². The van der Waals surface area contributed by atoms with Crippen molar-refractivity contribution in [1.82, 2.24) is 24.0 Å². The molecule has 0 aliphatic carbocycles. The Labute approximate surface area is 189 Å². The van der Waals surface area contributed by atoms with E-state index in [0.29, 0.717) is 5.16 Å². The summed E-state index contributed by atoms with van der Waals surface area (Å²) in [5, 5.41) is 0.433. The number of nitrogen functional groups attached to an aromatic ring is 1. The minimum atomic E-state index is -0.718. The van der Waals surface area contributed by atoms with Gasteiger partial charge in [-0.15, -0.1) is 0 Å². The first kappa shape index (κ1) is 23.3. The molecule has 32 heavy (non-hydrogen) atoms. The van der Waals surface area contributed by atoms with Crippen LogP contribution < -0.4 is 11.4 Å². The Morgan fingerprint density at radius 3 is 2.56 bits per heavy atom. The lowest BCUT2D eigenvalue weighted by Crippen LogP contribution is -2.41. The van der Waals surface area contributed by atoms with Crippen molar-refractivity contribution in [2.45, 2.75) is 32.0 Å². The first-order valence-electron chi connectivity index (χ1n) is 10.2. The summed E-state index contributed by atoms with van der Waals surface area (Å²) in [4.78, 5) is 48.3. The van der Waals surface area contributed by atoms with Crippen molar-refractivity contribution in [2.75, 3.05) is 31.7 Å². The molecule has 2 heterocycles. The molecular formula is C21H26N6O4S. The number of esters is 1. The Kier molecular flexibility index (Phi) is 7.52. The lowest BCUT2D eigenvalue weighted by atomic mass is 10.2. The number of benzene rings is 1. The van der Waals surface area contributed by atoms with E-state index >= 15 is 0 Å². The highest BCUT2D eigenvalue weighted by Gasteiger charge is 2.26. The molecule has 0 aliphatic heterocycles. The highest BCUT2D eigenvalue weighted by Crippen LogP contribution is 2.23. The molecule has 0 bridgehead atoms. The van der Waals surface area contributed by atoms with Crippen LogP contribution in [0.3, 0.4) is 0 Å². The van der Waals surface area contributed by atoms with Crippen LogP contribution in [-0.2, 0) is 16.1 Å². The summed E-state index contributed by atoms with van der Waals surface area (Å²) in [6.45, 7) is 3.79. The molecule has 2 N–H and O–H groups in total. The first-order valence-corrected chi connectivity index (χ1v) is 11.2. The molecule has 0 unspecified atom stereocenters. The van der Waals surface area contributed by atoms with Gasteiger partial charge in [0.1, 0.15) is 12.1 Å². The van der Waals surface area contributed by atoms with Crippen LogP contribution in [0.2, 0.25) is 0 Å². The van der Waals surface area contributed by atoms with Crippen LogP contribution in [0, 0.1) is 0 Å². The number of amides is 1. The van der Waals surface area contributed by atoms with Gasteiger partial charge in [-0.25, -0.2) is 24.1 Å². The number of aromatic nitrogens is 4. The smallest absolute Gasteiger partial charge is 0.339 e. The minimum Gasteiger partial charge on any atom is -0.465 e. The SMILES string of the molecule is CCCSc1nc(N)c2c(n1)n(Cc1ccccc1)c(=O)n2C(=O)N(C)CC(=O)OCC. The van der Waals surface area contributed by atoms with E-state index in [-0.39, 0.29) is 36.7 Å². The van der Waals surface area contributed by atoms with E-state index in [4.69, 9.17) is 10.5 Å². The number of thioether (sulfide) groups is 1. The van der Waals surface area contributed by atoms with Gasteiger partial charge >= 0.3 is 17.7 Å². The van der Waals surface area contributed by atoms with Crippen LogP contribution in [0.4, 0.5) is 10.6 Å². The average molecular weight is 459 g/mol. The lowest BCUT2D eigenvalue weighted by molar-refractivity contribution is -0.143. The third-order valence-electron chi connectivity index (χ3n) is 4.58. The van der Waals surface area contributed by atoms with Crippen molar-refractivity contribution < 1.29 is 14.3 Å². The molecule has 0 fully saturated rings. The summed E-state index contributed by atoms with van der Waals surface area (Å²) >= 11 is 1.42. The van der Waals surface area contributed by atoms with Gasteiger partial charge in [-0.2, -0.15) is 0 Å². The van der Waals surface area contributed by atoms with E-state index in [0.717, 1.165) is 27.2 Å². The summed E-state index contributed by atoms with van der Waals surface area (Å²) in [6, 6.07) is 8.64. The van der Waals surface area contributed by atoms with Gasteiger partial charge in [0.05, 0.1) is 13.2 Å². The fraction of sp³-hybridized carbons (Fsp3) is 0.381. The molecule has 1 amide bonds. The van der Waals surface area contributed by atoms with Crippen molar-refractivity contribution in [3.8, 4) is 0 Å². The van der Waals surface area contributed by atoms with Crippen LogP contribution in [0.5, 0.6) is 0 Å². The predicted octanol–water partition coefficient (Wildman–Crippen LogP) is 2.19. The predicted molar refractivity (Wildman–Crippen MR) is 123 cm³/mol. The summed E-state index contributed by atoms with van der Waals surface area (Å²) in [6.07, 6.45) is 0.918. The quantitative estimate of drug-likeness (QED) is 0.309. The first-order chi connectivity index (χ1) is 15.4. The molecule has 0 aliphatic rings. The monoisotopic (exact) mass is 458 g/mol. The number of carbonyl (C=O) groups excluding carboxylic acids is 2. The Balaban J connectivity index is 2.13. The lowest BCUT2D eigenvalue weighted by Gasteiger charge is -2.16. The van der Waals surface area contributed by atoms with Gasteiger partial charge in [0.25, 0.3) is 0 Å². The second-order valence-electron chi connectivity index (χ2n) is 7.05. The highest BCUT2D eigenvalue weighted by atomic mass is 32.2. The number of hydrogen-bond donors (Lipinski definition) is 1. The van der Waals surface area contributed by atoms with E-state index in [9.17, 15) is 14.4 Å². The Bertz CT molecular complexity index is 1170. The highest BCUT2D eigenvalue weighted by molar-refractivity contribution is 7.99. The van der Waals surface area contributed by atoms with Gasteiger partial charge in [0.15, 0.2) is 16.6 Å². The normalized spacial score (nSPS) is 11.0. The third-order valence-corrected chi connectivity index (χ3v) is 5.63. The number of likely N-dealkylation sites (N-methyl/N-ethyl adjacent to an activating group) is 1. The number of anilines is 1. The number of hydrogen-bond acceptors (Lipinski definition) is 8. The van der Waals surface area contributed by atoms with Crippen molar-refractivity contribution in [3.05, 3.63) is 46.4 Å². The molecule has 0 radical (unpaired) electrons. The number of fused-ring (bicyclic) bond motifs is 1. The maximum Gasteiger partial charge on any atom is 0.339 e. The molecule has 3 aromatic rings. The largest absolute Gasteiger partial charge is 0.465 e. The summed E-state index contributed by atoms with van der Waals surface area (Å²) in [7, 11) is 1.41. The van der Waals surface area contributed by atoms with Gasteiger partial charge < -0.3 is 15.4 Å². The Morgan fingerprint density at radius 1 is 1.19 bits per heavy atom. The molecule has 0 saturated heterocycles. The number of carbonyl (C=O) groups is 2. The molecule has 170 valence electrons. The van der Waals surface area contributed by atoms with Crippen LogP contribution in [-0.4, -0.2) is 62.0 Å². The topological polar surface area (TPSA) is 125 Å². The van der Waals surface area contributed by atoms with Crippen molar-refractivity contribution in [3.63, 3.8) is 0 Å². The fourth-order valence-corrected chi connectivity index (χ4v) is 3.83. The molecule has 11 heteroatoms. The van der Waals surface area contributed by atoms with Gasteiger partial charge in [-0.3, -0.25) is 9.36 Å². The number of ether oxygens (including phenoxy) is 1. The minimum absolute atomic E-state index is 0.0235. The van der Waals surface area contributed by atoms with Gasteiger partial charge in [0.2, 0.25) is 0 Å². The zero-order valence-corrected chi connectivity index (χ0v) is 19.1. The summed E-state index contributed by atoms with van der Waals surface area (Å²) in [5.41, 5.74) is 6.83. The van der Waals surface area contributed by atoms with Gasteiger partial charge in [-0.05, 0) is 18.9 Å². The van der Waals surface area contributed by atoms with E-state index in [1.807, 2.05) is 37.3 Å². The zero-order chi connectivity index (χ0) is 23.3. The van der Waals surface area contributed by atoms with Gasteiger partial charge in [0, 0.05) is 12.8 Å². The standard InChI is InChI=1S/C21H26N6O4S/c1-4-11-32-19-23-17(22)16-18(24-19)26(12-14-9-7-6-8-10-14)21(30)27(16)20(29)25(3)13-15(28)31-5-2/h6-10H,4-5,11-13H2,1-3H3,(H2,22,23,24). The molecular weight excluding hydrogens is 432 g/mol. The molecule has 0 saturated carbocycles. The zero-order valence-electron chi connectivity index (χ0n) is 18.3. The van der Waals surface area contributed by atoms with Crippen LogP contribution >= 0.6 is 11.8 Å². The Morgan fingerprint density at radius 2 is 1.91 bits per heavy atom. The molecule has 10 nitrogen and oxygen atoms in total. The van der Waals surface area contributed by atoms with Gasteiger partial charge in [-0.1, -0.05) is 49.0 Å². The van der Waals surface area contributed by atoms with Crippen molar-refractivity contribution in [2.24, 2.45) is 0 Å². The van der Waals surface area contributed by atoms with Crippen molar-refractivity contribution >= 4 is 40.7 Å². The van der Waals surface area contributed by atoms with Crippen LogP contribution in [0.1, 0.15) is 25.8 Å². The van der Waals surface area contributed by atoms with E-state index < -0.39 is 17.7 Å². The fourth-order valence-electron chi connectivity index (χ4n) is 3.13. The maximum absolute atomic E-state index is 13.4. The molecule has 1 aromatic carbocycles. The third kappa shape index (κ3) is 4.93.